The van der Waals surface area contributed by atoms with E-state index in [4.69, 9.17) is 5.11 Å². The maximum atomic E-state index is 11.7. The first-order valence-corrected chi connectivity index (χ1v) is 7.24. The molecule has 0 aliphatic heterocycles. The van der Waals surface area contributed by atoms with Crippen LogP contribution in [-0.2, 0) is 6.54 Å². The lowest BCUT2D eigenvalue weighted by molar-refractivity contribution is 0.0698. The molecule has 6 nitrogen and oxygen atoms in total. The maximum absolute atomic E-state index is 11.7. The molecule has 8 heteroatoms. The standard InChI is InChI=1S/C12H10BrN3O3S/c13-7-1-2-10(9(3-7)11(17)18)16-12(19)14-4-8-5-20-6-15-8/h1-3,5-6H,4H2,(H,17,18)(H2,14,16,19). The van der Waals surface area contributed by atoms with Crippen LogP contribution < -0.4 is 10.6 Å². The predicted octanol–water partition coefficient (Wildman–Crippen LogP) is 2.93. The molecule has 1 heterocycles. The zero-order chi connectivity index (χ0) is 14.5. The summed E-state index contributed by atoms with van der Waals surface area (Å²) in [4.78, 5) is 26.8. The van der Waals surface area contributed by atoms with Gasteiger partial charge in [-0.1, -0.05) is 15.9 Å². The molecule has 0 aliphatic rings. The number of halogens is 1. The minimum atomic E-state index is -1.11. The van der Waals surface area contributed by atoms with Crippen molar-refractivity contribution in [3.63, 3.8) is 0 Å². The molecule has 2 amide bonds. The van der Waals surface area contributed by atoms with E-state index >= 15 is 0 Å². The molecule has 20 heavy (non-hydrogen) atoms. The molecular weight excluding hydrogens is 346 g/mol. The van der Waals surface area contributed by atoms with Gasteiger partial charge in [-0.25, -0.2) is 14.6 Å². The van der Waals surface area contributed by atoms with E-state index in [-0.39, 0.29) is 17.8 Å². The van der Waals surface area contributed by atoms with Crippen LogP contribution in [0.2, 0.25) is 0 Å². The third kappa shape index (κ3) is 3.78. The van der Waals surface area contributed by atoms with Crippen LogP contribution in [-0.4, -0.2) is 22.1 Å². The van der Waals surface area contributed by atoms with Gasteiger partial charge in [-0.15, -0.1) is 11.3 Å². The van der Waals surface area contributed by atoms with E-state index in [1.54, 1.807) is 11.6 Å². The van der Waals surface area contributed by atoms with Gasteiger partial charge >= 0.3 is 12.0 Å². The Labute approximate surface area is 127 Å². The highest BCUT2D eigenvalue weighted by Crippen LogP contribution is 2.21. The largest absolute Gasteiger partial charge is 0.478 e. The van der Waals surface area contributed by atoms with Crippen molar-refractivity contribution >= 4 is 45.0 Å². The summed E-state index contributed by atoms with van der Waals surface area (Å²) in [5, 5.41) is 16.0. The topological polar surface area (TPSA) is 91.3 Å². The highest BCUT2D eigenvalue weighted by Gasteiger charge is 2.12. The van der Waals surface area contributed by atoms with Crippen LogP contribution >= 0.6 is 27.3 Å². The first kappa shape index (κ1) is 14.5. The van der Waals surface area contributed by atoms with Crippen molar-refractivity contribution in [1.29, 1.82) is 0 Å². The normalized spacial score (nSPS) is 10.1. The minimum Gasteiger partial charge on any atom is -0.478 e. The number of benzene rings is 1. The third-order valence-electron chi connectivity index (χ3n) is 2.37. The molecule has 2 rings (SSSR count). The average Bonchev–Trinajstić information content (AvgIpc) is 2.91. The molecule has 0 radical (unpaired) electrons. The second-order valence-corrected chi connectivity index (χ2v) is 5.42. The van der Waals surface area contributed by atoms with Crippen LogP contribution in [0, 0.1) is 0 Å². The Kier molecular flexibility index (Phi) is 4.70. The van der Waals surface area contributed by atoms with Gasteiger partial charge in [0, 0.05) is 9.85 Å². The summed E-state index contributed by atoms with van der Waals surface area (Å²) in [7, 11) is 0. The van der Waals surface area contributed by atoms with Gasteiger partial charge in [0.05, 0.1) is 29.0 Å². The summed E-state index contributed by atoms with van der Waals surface area (Å²) in [6.45, 7) is 0.286. The first-order valence-electron chi connectivity index (χ1n) is 5.51. The number of thiazole rings is 1. The van der Waals surface area contributed by atoms with E-state index in [0.717, 1.165) is 5.69 Å². The van der Waals surface area contributed by atoms with Crippen molar-refractivity contribution < 1.29 is 14.7 Å². The van der Waals surface area contributed by atoms with E-state index in [0.29, 0.717) is 4.47 Å². The Balaban J connectivity index is 2.02. The molecule has 1 aromatic heterocycles. The smallest absolute Gasteiger partial charge is 0.337 e. The lowest BCUT2D eigenvalue weighted by atomic mass is 10.2. The van der Waals surface area contributed by atoms with E-state index in [2.05, 4.69) is 31.5 Å². The fraction of sp³-hybridized carbons (Fsp3) is 0.0833. The number of anilines is 1. The van der Waals surface area contributed by atoms with Crippen LogP contribution in [0.5, 0.6) is 0 Å². The van der Waals surface area contributed by atoms with E-state index in [1.165, 1.54) is 23.5 Å². The summed E-state index contributed by atoms with van der Waals surface area (Å²) in [5.41, 5.74) is 2.67. The highest BCUT2D eigenvalue weighted by atomic mass is 79.9. The Hall–Kier alpha value is -1.93. The van der Waals surface area contributed by atoms with Gasteiger partial charge in [0.1, 0.15) is 0 Å². The molecule has 0 saturated carbocycles. The molecule has 0 atom stereocenters. The van der Waals surface area contributed by atoms with Crippen LogP contribution in [0.15, 0.2) is 33.6 Å². The summed E-state index contributed by atoms with van der Waals surface area (Å²) >= 11 is 4.63. The number of carbonyl (C=O) groups is 2. The van der Waals surface area contributed by atoms with E-state index < -0.39 is 12.0 Å². The van der Waals surface area contributed by atoms with Gasteiger partial charge in [-0.05, 0) is 18.2 Å². The Morgan fingerprint density at radius 3 is 2.85 bits per heavy atom. The summed E-state index contributed by atoms with van der Waals surface area (Å²) in [6.07, 6.45) is 0. The number of hydrogen-bond acceptors (Lipinski definition) is 4. The van der Waals surface area contributed by atoms with Gasteiger partial charge in [-0.3, -0.25) is 0 Å². The third-order valence-corrected chi connectivity index (χ3v) is 3.50. The van der Waals surface area contributed by atoms with Crippen molar-refractivity contribution in [2.24, 2.45) is 0 Å². The van der Waals surface area contributed by atoms with E-state index in [9.17, 15) is 9.59 Å². The number of carboxylic acids is 1. The molecular formula is C12H10BrN3O3S. The van der Waals surface area contributed by atoms with Crippen molar-refractivity contribution in [3.05, 3.63) is 44.8 Å². The fourth-order valence-corrected chi connectivity index (χ4v) is 2.38. The van der Waals surface area contributed by atoms with Crippen molar-refractivity contribution in [2.45, 2.75) is 6.54 Å². The molecule has 0 saturated heterocycles. The number of carboxylic acid groups (broad SMARTS) is 1. The molecule has 0 unspecified atom stereocenters. The SMILES string of the molecule is O=C(NCc1cscn1)Nc1ccc(Br)cc1C(=O)O. The number of carbonyl (C=O) groups excluding carboxylic acids is 1. The van der Waals surface area contributed by atoms with Crippen LogP contribution in [0.3, 0.4) is 0 Å². The van der Waals surface area contributed by atoms with Gasteiger partial charge in [-0.2, -0.15) is 0 Å². The second kappa shape index (κ2) is 6.49. The van der Waals surface area contributed by atoms with Crippen LogP contribution in [0.25, 0.3) is 0 Å². The number of amides is 2. The van der Waals surface area contributed by atoms with Crippen LogP contribution in [0.1, 0.15) is 16.1 Å². The zero-order valence-electron chi connectivity index (χ0n) is 10.1. The summed E-state index contributed by atoms with van der Waals surface area (Å²) in [6, 6.07) is 4.12. The Morgan fingerprint density at radius 1 is 1.40 bits per heavy atom. The second-order valence-electron chi connectivity index (χ2n) is 3.78. The number of aromatic nitrogens is 1. The van der Waals surface area contributed by atoms with Crippen molar-refractivity contribution in [2.75, 3.05) is 5.32 Å². The average molecular weight is 356 g/mol. The number of nitrogens with zero attached hydrogens (tertiary/aromatic N) is 1. The van der Waals surface area contributed by atoms with Gasteiger partial charge in [0.15, 0.2) is 0 Å². The number of aromatic carboxylic acids is 1. The number of nitrogens with one attached hydrogen (secondary N) is 2. The van der Waals surface area contributed by atoms with Gasteiger partial charge < -0.3 is 15.7 Å². The Bertz CT molecular complexity index is 631. The summed E-state index contributed by atoms with van der Waals surface area (Å²) < 4.78 is 0.628. The molecule has 0 aliphatic carbocycles. The van der Waals surface area contributed by atoms with Crippen molar-refractivity contribution in [1.82, 2.24) is 10.3 Å². The molecule has 0 fully saturated rings. The van der Waals surface area contributed by atoms with Crippen molar-refractivity contribution in [3.8, 4) is 0 Å². The fourth-order valence-electron chi connectivity index (χ4n) is 1.46. The quantitative estimate of drug-likeness (QED) is 0.786. The molecule has 1 aromatic carbocycles. The van der Waals surface area contributed by atoms with E-state index in [1.807, 2.05) is 5.38 Å². The van der Waals surface area contributed by atoms with Crippen LogP contribution in [0.4, 0.5) is 10.5 Å². The number of urea groups is 1. The van der Waals surface area contributed by atoms with Gasteiger partial charge in [0.25, 0.3) is 0 Å². The monoisotopic (exact) mass is 355 g/mol. The maximum Gasteiger partial charge on any atom is 0.337 e. The minimum absolute atomic E-state index is 0.0168. The predicted molar refractivity (Wildman–Crippen MR) is 79.1 cm³/mol. The number of rotatable bonds is 4. The highest BCUT2D eigenvalue weighted by molar-refractivity contribution is 9.10. The molecule has 3 N–H and O–H groups in total. The lowest BCUT2D eigenvalue weighted by Crippen LogP contribution is -2.29. The summed E-state index contributed by atoms with van der Waals surface area (Å²) in [5.74, 6) is -1.11. The Morgan fingerprint density at radius 2 is 2.20 bits per heavy atom. The zero-order valence-corrected chi connectivity index (χ0v) is 12.5. The molecule has 2 aromatic rings. The molecule has 104 valence electrons. The first-order chi connectivity index (χ1) is 9.56. The van der Waals surface area contributed by atoms with Gasteiger partial charge in [0.2, 0.25) is 0 Å². The number of hydrogen-bond donors (Lipinski definition) is 3. The molecule has 0 bridgehead atoms. The lowest BCUT2D eigenvalue weighted by Gasteiger charge is -2.09. The molecule has 0 spiro atoms.